The molecule has 1 rings (SSSR count). The summed E-state index contributed by atoms with van der Waals surface area (Å²) in [4.78, 5) is 25.3. The van der Waals surface area contributed by atoms with Gasteiger partial charge in [0.25, 0.3) is 0 Å². The fraction of sp³-hybridized carbons (Fsp3) is 0.364. The minimum Gasteiger partial charge on any atom is -0.351 e. The Morgan fingerprint density at radius 1 is 1.26 bits per heavy atom. The Kier molecular flexibility index (Phi) is 4.85. The summed E-state index contributed by atoms with van der Waals surface area (Å²) in [7, 11) is 0. The van der Waals surface area contributed by atoms with E-state index in [4.69, 9.17) is 0 Å². The molecular formula is C11H12F3N3O2. The quantitative estimate of drug-likeness (QED) is 0.857. The summed E-state index contributed by atoms with van der Waals surface area (Å²) in [6, 6.07) is 2.99. The Bertz CT molecular complexity index is 474. The number of amides is 2. The molecule has 0 saturated heterocycles. The summed E-state index contributed by atoms with van der Waals surface area (Å²) >= 11 is 0. The van der Waals surface area contributed by atoms with E-state index in [1.54, 1.807) is 5.32 Å². The minimum absolute atomic E-state index is 0.177. The molecule has 0 aliphatic heterocycles. The lowest BCUT2D eigenvalue weighted by Gasteiger charge is -2.08. The van der Waals surface area contributed by atoms with Crippen molar-refractivity contribution in [3.8, 4) is 0 Å². The van der Waals surface area contributed by atoms with Crippen LogP contribution in [0.15, 0.2) is 18.3 Å². The van der Waals surface area contributed by atoms with Crippen molar-refractivity contribution < 1.29 is 22.8 Å². The van der Waals surface area contributed by atoms with Gasteiger partial charge in [0.2, 0.25) is 5.91 Å². The average Bonchev–Trinajstić information content (AvgIpc) is 2.32. The number of aromatic nitrogens is 1. The molecule has 0 spiro atoms. The van der Waals surface area contributed by atoms with Gasteiger partial charge in [0.05, 0.1) is 12.2 Å². The Morgan fingerprint density at radius 3 is 2.53 bits per heavy atom. The van der Waals surface area contributed by atoms with E-state index in [-0.39, 0.29) is 19.0 Å². The van der Waals surface area contributed by atoms with Gasteiger partial charge in [0.1, 0.15) is 0 Å². The van der Waals surface area contributed by atoms with Gasteiger partial charge in [0.15, 0.2) is 0 Å². The molecule has 0 aromatic carbocycles. The highest BCUT2D eigenvalue weighted by Crippen LogP contribution is 2.14. The number of hydrogen-bond acceptors (Lipinski definition) is 3. The lowest BCUT2D eigenvalue weighted by Crippen LogP contribution is -2.36. The number of carbonyl (C=O) groups excluding carboxylic acids is 2. The topological polar surface area (TPSA) is 71.1 Å². The summed E-state index contributed by atoms with van der Waals surface area (Å²) in [6.45, 7) is 1.26. The zero-order valence-corrected chi connectivity index (χ0v) is 10.0. The molecule has 0 radical (unpaired) electrons. The molecule has 2 N–H and O–H groups in total. The molecule has 1 aromatic rings. The third kappa shape index (κ3) is 5.36. The van der Waals surface area contributed by atoms with E-state index in [0.717, 1.165) is 0 Å². The number of halogens is 3. The standard InChI is InChI=1S/C11H12F3N3O2/c1-7(18)16-6-9-4-8(2-3-15-9)5-17-10(19)11(12,13)14/h2-4H,5-6H2,1H3,(H,16,18)(H,17,19). The third-order valence-corrected chi connectivity index (χ3v) is 2.11. The van der Waals surface area contributed by atoms with Gasteiger partial charge in [-0.3, -0.25) is 14.6 Å². The van der Waals surface area contributed by atoms with Gasteiger partial charge < -0.3 is 10.6 Å². The van der Waals surface area contributed by atoms with Crippen molar-refractivity contribution in [3.63, 3.8) is 0 Å². The highest BCUT2D eigenvalue weighted by Gasteiger charge is 2.38. The summed E-state index contributed by atoms with van der Waals surface area (Å²) in [5.74, 6) is -2.23. The summed E-state index contributed by atoms with van der Waals surface area (Å²) < 4.78 is 35.9. The van der Waals surface area contributed by atoms with E-state index < -0.39 is 12.1 Å². The van der Waals surface area contributed by atoms with Crippen molar-refractivity contribution >= 4 is 11.8 Å². The highest BCUT2D eigenvalue weighted by molar-refractivity contribution is 5.81. The van der Waals surface area contributed by atoms with E-state index in [2.05, 4.69) is 10.3 Å². The summed E-state index contributed by atoms with van der Waals surface area (Å²) in [5, 5.41) is 4.26. The van der Waals surface area contributed by atoms with Crippen molar-refractivity contribution in [1.29, 1.82) is 0 Å². The largest absolute Gasteiger partial charge is 0.471 e. The molecule has 2 amide bonds. The van der Waals surface area contributed by atoms with Crippen molar-refractivity contribution in [2.75, 3.05) is 0 Å². The maximum Gasteiger partial charge on any atom is 0.471 e. The molecule has 19 heavy (non-hydrogen) atoms. The summed E-state index contributed by atoms with van der Waals surface area (Å²) in [5.41, 5.74) is 0.960. The lowest BCUT2D eigenvalue weighted by molar-refractivity contribution is -0.173. The van der Waals surface area contributed by atoms with Crippen LogP contribution in [0, 0.1) is 0 Å². The molecule has 0 aliphatic rings. The number of pyridine rings is 1. The van der Waals surface area contributed by atoms with Gasteiger partial charge in [0, 0.05) is 19.7 Å². The van der Waals surface area contributed by atoms with Crippen LogP contribution in [-0.2, 0) is 22.7 Å². The Labute approximate surface area is 107 Å². The molecule has 1 heterocycles. The smallest absolute Gasteiger partial charge is 0.351 e. The SMILES string of the molecule is CC(=O)NCc1cc(CNC(=O)C(F)(F)F)ccn1. The van der Waals surface area contributed by atoms with Crippen LogP contribution in [0.2, 0.25) is 0 Å². The van der Waals surface area contributed by atoms with Crippen LogP contribution in [0.3, 0.4) is 0 Å². The Morgan fingerprint density at radius 2 is 1.95 bits per heavy atom. The van der Waals surface area contributed by atoms with Gasteiger partial charge in [-0.1, -0.05) is 0 Å². The van der Waals surface area contributed by atoms with Crippen LogP contribution >= 0.6 is 0 Å². The van der Waals surface area contributed by atoms with Crippen molar-refractivity contribution in [3.05, 3.63) is 29.6 Å². The normalized spacial score (nSPS) is 10.9. The first-order chi connectivity index (χ1) is 8.79. The first-order valence-electron chi connectivity index (χ1n) is 5.32. The number of carbonyl (C=O) groups is 2. The molecule has 0 fully saturated rings. The number of nitrogens with one attached hydrogen (secondary N) is 2. The van der Waals surface area contributed by atoms with E-state index in [9.17, 15) is 22.8 Å². The maximum atomic E-state index is 12.0. The fourth-order valence-electron chi connectivity index (χ4n) is 1.23. The lowest BCUT2D eigenvalue weighted by atomic mass is 10.2. The second-order valence-corrected chi connectivity index (χ2v) is 3.75. The molecule has 0 bridgehead atoms. The summed E-state index contributed by atoms with van der Waals surface area (Å²) in [6.07, 6.45) is -3.50. The zero-order chi connectivity index (χ0) is 14.5. The number of hydrogen-bond donors (Lipinski definition) is 2. The van der Waals surface area contributed by atoms with E-state index in [0.29, 0.717) is 11.3 Å². The molecule has 0 unspecified atom stereocenters. The maximum absolute atomic E-state index is 12.0. The van der Waals surface area contributed by atoms with E-state index in [1.165, 1.54) is 25.3 Å². The number of nitrogens with zero attached hydrogens (tertiary/aromatic N) is 1. The van der Waals surface area contributed by atoms with E-state index >= 15 is 0 Å². The second-order valence-electron chi connectivity index (χ2n) is 3.75. The van der Waals surface area contributed by atoms with Crippen LogP contribution in [0.1, 0.15) is 18.2 Å². The number of alkyl halides is 3. The fourth-order valence-corrected chi connectivity index (χ4v) is 1.23. The van der Waals surface area contributed by atoms with Crippen molar-refractivity contribution in [1.82, 2.24) is 15.6 Å². The molecule has 0 aliphatic carbocycles. The van der Waals surface area contributed by atoms with Gasteiger partial charge in [-0.05, 0) is 17.7 Å². The second kappa shape index (κ2) is 6.17. The number of rotatable bonds is 4. The van der Waals surface area contributed by atoms with Crippen molar-refractivity contribution in [2.24, 2.45) is 0 Å². The molecule has 0 atom stereocenters. The minimum atomic E-state index is -4.90. The third-order valence-electron chi connectivity index (χ3n) is 2.11. The first-order valence-corrected chi connectivity index (χ1v) is 5.32. The zero-order valence-electron chi connectivity index (χ0n) is 10.0. The van der Waals surface area contributed by atoms with Crippen LogP contribution < -0.4 is 10.6 Å². The van der Waals surface area contributed by atoms with Gasteiger partial charge in [-0.15, -0.1) is 0 Å². The highest BCUT2D eigenvalue weighted by atomic mass is 19.4. The Hall–Kier alpha value is -2.12. The van der Waals surface area contributed by atoms with Crippen LogP contribution in [0.25, 0.3) is 0 Å². The van der Waals surface area contributed by atoms with Crippen LogP contribution in [-0.4, -0.2) is 23.0 Å². The van der Waals surface area contributed by atoms with Gasteiger partial charge >= 0.3 is 12.1 Å². The predicted molar refractivity (Wildman–Crippen MR) is 59.7 cm³/mol. The van der Waals surface area contributed by atoms with Crippen LogP contribution in [0.4, 0.5) is 13.2 Å². The monoisotopic (exact) mass is 275 g/mol. The van der Waals surface area contributed by atoms with Gasteiger partial charge in [-0.2, -0.15) is 13.2 Å². The average molecular weight is 275 g/mol. The molecule has 0 saturated carbocycles. The molecule has 104 valence electrons. The van der Waals surface area contributed by atoms with Gasteiger partial charge in [-0.25, -0.2) is 0 Å². The molecule has 8 heteroatoms. The Balaban J connectivity index is 2.57. The predicted octanol–water partition coefficient (Wildman–Crippen LogP) is 0.896. The molecular weight excluding hydrogens is 263 g/mol. The molecule has 1 aromatic heterocycles. The molecule has 5 nitrogen and oxygen atoms in total. The van der Waals surface area contributed by atoms with Crippen LogP contribution in [0.5, 0.6) is 0 Å². The van der Waals surface area contributed by atoms with E-state index in [1.807, 2.05) is 0 Å². The van der Waals surface area contributed by atoms with Crippen molar-refractivity contribution in [2.45, 2.75) is 26.2 Å². The first kappa shape index (κ1) is 14.9.